The molecule has 2 heterocycles. The zero-order chi connectivity index (χ0) is 14.0. The molecule has 3 N–H and O–H groups in total. The van der Waals surface area contributed by atoms with Crippen LogP contribution in [0.15, 0.2) is 12.3 Å². The van der Waals surface area contributed by atoms with Crippen LogP contribution in [0.2, 0.25) is 0 Å². The van der Waals surface area contributed by atoms with Crippen LogP contribution in [-0.2, 0) is 6.54 Å². The van der Waals surface area contributed by atoms with E-state index in [-0.39, 0.29) is 5.91 Å². The normalized spacial score (nSPS) is 10.5. The predicted molar refractivity (Wildman–Crippen MR) is 70.3 cm³/mol. The fourth-order valence-corrected chi connectivity index (χ4v) is 1.72. The van der Waals surface area contributed by atoms with Crippen LogP contribution in [-0.4, -0.2) is 38.0 Å². The minimum absolute atomic E-state index is 0.153. The summed E-state index contributed by atoms with van der Waals surface area (Å²) < 4.78 is 0. The molecule has 2 aromatic rings. The fraction of sp³-hybridized carbons (Fsp3) is 0.333. The molecule has 0 atom stereocenters. The first-order valence-electron chi connectivity index (χ1n) is 5.83. The summed E-state index contributed by atoms with van der Waals surface area (Å²) in [6.07, 6.45) is 1.53. The average Bonchev–Trinajstić information content (AvgIpc) is 2.77. The van der Waals surface area contributed by atoms with Gasteiger partial charge in [0.15, 0.2) is 5.82 Å². The quantitative estimate of drug-likeness (QED) is 0.844. The van der Waals surface area contributed by atoms with Crippen molar-refractivity contribution in [3.05, 3.63) is 35.2 Å². The molecule has 0 saturated heterocycles. The Morgan fingerprint density at radius 1 is 1.47 bits per heavy atom. The van der Waals surface area contributed by atoms with E-state index >= 15 is 0 Å². The third-order valence-corrected chi connectivity index (χ3v) is 2.71. The summed E-state index contributed by atoms with van der Waals surface area (Å²) in [6.45, 7) is 3.92. The largest absolute Gasteiger partial charge is 0.397 e. The first-order chi connectivity index (χ1) is 8.97. The number of nitrogens with zero attached hydrogens (tertiary/aromatic N) is 4. The Morgan fingerprint density at radius 2 is 2.21 bits per heavy atom. The van der Waals surface area contributed by atoms with E-state index in [0.717, 1.165) is 5.82 Å². The molecule has 0 aliphatic rings. The number of carbonyl (C=O) groups is 1. The van der Waals surface area contributed by atoms with Gasteiger partial charge in [-0.25, -0.2) is 4.98 Å². The van der Waals surface area contributed by atoms with Crippen molar-refractivity contribution < 1.29 is 4.79 Å². The predicted octanol–water partition coefficient (Wildman–Crippen LogP) is 0.671. The zero-order valence-electron chi connectivity index (χ0n) is 11.1. The first kappa shape index (κ1) is 13.0. The number of nitrogens with two attached hydrogens (primary N) is 1. The second-order valence-electron chi connectivity index (χ2n) is 4.40. The Labute approximate surface area is 110 Å². The number of H-pyrrole nitrogens is 1. The van der Waals surface area contributed by atoms with Gasteiger partial charge in [0.05, 0.1) is 29.7 Å². The molecule has 2 aromatic heterocycles. The minimum atomic E-state index is -0.153. The molecular formula is C12H16N6O. The highest BCUT2D eigenvalue weighted by atomic mass is 16.2. The van der Waals surface area contributed by atoms with Crippen molar-refractivity contribution in [3.63, 3.8) is 0 Å². The van der Waals surface area contributed by atoms with Gasteiger partial charge in [-0.05, 0) is 19.9 Å². The van der Waals surface area contributed by atoms with Gasteiger partial charge >= 0.3 is 0 Å². The highest BCUT2D eigenvalue weighted by Gasteiger charge is 2.17. The van der Waals surface area contributed by atoms with Gasteiger partial charge in [0, 0.05) is 7.05 Å². The van der Waals surface area contributed by atoms with Crippen LogP contribution < -0.4 is 5.73 Å². The molecule has 0 spiro atoms. The van der Waals surface area contributed by atoms with E-state index in [2.05, 4.69) is 20.2 Å². The Bertz CT molecular complexity index is 606. The number of nitrogens with one attached hydrogen (secondary N) is 1. The summed E-state index contributed by atoms with van der Waals surface area (Å²) in [7, 11) is 1.69. The molecule has 0 unspecified atom stereocenters. The summed E-state index contributed by atoms with van der Waals surface area (Å²) in [5, 5.41) is 6.74. The van der Waals surface area contributed by atoms with E-state index in [4.69, 9.17) is 5.73 Å². The van der Waals surface area contributed by atoms with Crippen LogP contribution in [0.3, 0.4) is 0 Å². The van der Waals surface area contributed by atoms with Crippen molar-refractivity contribution in [1.82, 2.24) is 25.1 Å². The van der Waals surface area contributed by atoms with Crippen molar-refractivity contribution in [2.24, 2.45) is 0 Å². The summed E-state index contributed by atoms with van der Waals surface area (Å²) >= 11 is 0. The summed E-state index contributed by atoms with van der Waals surface area (Å²) in [4.78, 5) is 22.1. The lowest BCUT2D eigenvalue weighted by molar-refractivity contribution is 0.0780. The number of hydrogen-bond acceptors (Lipinski definition) is 5. The number of nitrogen functional groups attached to an aromatic ring is 1. The molecule has 0 bridgehead atoms. The lowest BCUT2D eigenvalue weighted by atomic mass is 10.1. The van der Waals surface area contributed by atoms with E-state index in [1.165, 1.54) is 11.1 Å². The Kier molecular flexibility index (Phi) is 3.46. The topological polar surface area (TPSA) is 101 Å². The van der Waals surface area contributed by atoms with Gasteiger partial charge < -0.3 is 10.6 Å². The van der Waals surface area contributed by atoms with E-state index in [9.17, 15) is 4.79 Å². The monoisotopic (exact) mass is 260 g/mol. The maximum Gasteiger partial charge on any atom is 0.255 e. The molecule has 7 heteroatoms. The molecule has 19 heavy (non-hydrogen) atoms. The number of amides is 1. The molecule has 0 aromatic carbocycles. The number of aromatic amines is 1. The minimum Gasteiger partial charge on any atom is -0.397 e. The molecule has 1 amide bonds. The fourth-order valence-electron chi connectivity index (χ4n) is 1.72. The number of hydrogen-bond donors (Lipinski definition) is 2. The summed E-state index contributed by atoms with van der Waals surface area (Å²) in [5.74, 6) is 1.14. The Hall–Kier alpha value is -2.44. The van der Waals surface area contributed by atoms with Gasteiger partial charge in [-0.1, -0.05) is 0 Å². The molecule has 7 nitrogen and oxygen atoms in total. The van der Waals surface area contributed by atoms with Gasteiger partial charge in [0.25, 0.3) is 5.91 Å². The summed E-state index contributed by atoms with van der Waals surface area (Å²) in [5.41, 5.74) is 7.27. The smallest absolute Gasteiger partial charge is 0.255 e. The second-order valence-corrected chi connectivity index (χ2v) is 4.40. The molecule has 2 rings (SSSR count). The lowest BCUT2D eigenvalue weighted by Crippen LogP contribution is -2.27. The second kappa shape index (κ2) is 5.05. The molecule has 100 valence electrons. The molecule has 0 saturated carbocycles. The third kappa shape index (κ3) is 2.87. The first-order valence-corrected chi connectivity index (χ1v) is 5.83. The van der Waals surface area contributed by atoms with Crippen molar-refractivity contribution in [1.29, 1.82) is 0 Å². The van der Waals surface area contributed by atoms with Gasteiger partial charge in [-0.15, -0.1) is 0 Å². The number of aryl methyl sites for hydroxylation is 2. The van der Waals surface area contributed by atoms with Crippen LogP contribution in [0, 0.1) is 13.8 Å². The van der Waals surface area contributed by atoms with Crippen molar-refractivity contribution in [3.8, 4) is 0 Å². The van der Waals surface area contributed by atoms with Gasteiger partial charge in [-0.3, -0.25) is 14.9 Å². The van der Waals surface area contributed by atoms with Crippen LogP contribution >= 0.6 is 0 Å². The van der Waals surface area contributed by atoms with Gasteiger partial charge in [0.2, 0.25) is 0 Å². The number of aromatic nitrogens is 4. The molecule has 0 aliphatic heterocycles. The number of pyridine rings is 1. The van der Waals surface area contributed by atoms with Crippen LogP contribution in [0.5, 0.6) is 0 Å². The maximum absolute atomic E-state index is 12.3. The average molecular weight is 260 g/mol. The van der Waals surface area contributed by atoms with E-state index in [1.54, 1.807) is 20.0 Å². The van der Waals surface area contributed by atoms with Crippen molar-refractivity contribution in [2.75, 3.05) is 12.8 Å². The lowest BCUT2D eigenvalue weighted by Gasteiger charge is -2.16. The SMILES string of the molecule is Cc1nc(CN(C)C(=O)c2cc(N)cnc2C)n[nH]1. The van der Waals surface area contributed by atoms with Crippen LogP contribution in [0.1, 0.15) is 27.7 Å². The molecule has 0 fully saturated rings. The van der Waals surface area contributed by atoms with Crippen molar-refractivity contribution >= 4 is 11.6 Å². The van der Waals surface area contributed by atoms with E-state index in [0.29, 0.717) is 29.3 Å². The highest BCUT2D eigenvalue weighted by molar-refractivity contribution is 5.95. The number of rotatable bonds is 3. The molecular weight excluding hydrogens is 244 g/mol. The Balaban J connectivity index is 2.16. The van der Waals surface area contributed by atoms with E-state index < -0.39 is 0 Å². The number of carbonyl (C=O) groups excluding carboxylic acids is 1. The van der Waals surface area contributed by atoms with Crippen molar-refractivity contribution in [2.45, 2.75) is 20.4 Å². The summed E-state index contributed by atoms with van der Waals surface area (Å²) in [6, 6.07) is 1.63. The standard InChI is InChI=1S/C12H16N6O/c1-7-10(4-9(13)5-14-7)12(19)18(3)6-11-15-8(2)16-17-11/h4-5H,6,13H2,1-3H3,(H,15,16,17). The van der Waals surface area contributed by atoms with Crippen LogP contribution in [0.25, 0.3) is 0 Å². The third-order valence-electron chi connectivity index (χ3n) is 2.71. The van der Waals surface area contributed by atoms with Gasteiger partial charge in [0.1, 0.15) is 5.82 Å². The van der Waals surface area contributed by atoms with Gasteiger partial charge in [-0.2, -0.15) is 5.10 Å². The molecule has 0 aliphatic carbocycles. The highest BCUT2D eigenvalue weighted by Crippen LogP contribution is 2.12. The van der Waals surface area contributed by atoms with Crippen LogP contribution in [0.4, 0.5) is 5.69 Å². The molecule has 0 radical (unpaired) electrons. The maximum atomic E-state index is 12.3. The number of anilines is 1. The van der Waals surface area contributed by atoms with E-state index in [1.807, 2.05) is 6.92 Å². The Morgan fingerprint density at radius 3 is 2.84 bits per heavy atom. The zero-order valence-corrected chi connectivity index (χ0v) is 11.1.